The molecule has 2 atom stereocenters. The van der Waals surface area contributed by atoms with Gasteiger partial charge in [-0.2, -0.15) is 0 Å². The summed E-state index contributed by atoms with van der Waals surface area (Å²) < 4.78 is 17.1. The number of carbonyl (C=O) groups is 3. The zero-order valence-corrected chi connectivity index (χ0v) is 34.9. The molecule has 0 aliphatic carbocycles. The highest BCUT2D eigenvalue weighted by Gasteiger charge is 2.25. The van der Waals surface area contributed by atoms with Crippen molar-refractivity contribution >= 4 is 17.9 Å². The molecule has 0 saturated carbocycles. The maximum absolute atomic E-state index is 12.7. The van der Waals surface area contributed by atoms with Crippen LogP contribution in [0.1, 0.15) is 181 Å². The molecule has 0 fully saturated rings. The molecule has 8 nitrogen and oxygen atoms in total. The number of unbranched alkanes of at least 4 members (excludes halogenated alkanes) is 20. The standard InChI is InChI=1S/C45H81NO7/c1-6-8-10-12-14-16-18-20-22-24-25-27-29-31-33-35-43(47)52-40-41(39-51-38-37-42(45(49)50)46(3,4)5)53-44(48)36-34-32-30-28-26-23-21-19-17-15-13-11-9-7-2/h8,10,12,14,16,18,41-42H,6-7,9,11,13,15,17,19-40H2,1-5H3/b10-8+,14-12+,18-16+. The average Bonchev–Trinajstić information content (AvgIpc) is 3.11. The number of carbonyl (C=O) groups excluding carboxylic acids is 3. The number of likely N-dealkylation sites (N-methyl/N-ethyl adjacent to an activating group) is 1. The Morgan fingerprint density at radius 2 is 1.06 bits per heavy atom. The fraction of sp³-hybridized carbons (Fsp3) is 0.800. The number of aliphatic carboxylic acids is 1. The average molecular weight is 748 g/mol. The van der Waals surface area contributed by atoms with Crippen molar-refractivity contribution in [1.82, 2.24) is 0 Å². The minimum Gasteiger partial charge on any atom is -0.544 e. The maximum atomic E-state index is 12.7. The molecule has 0 heterocycles. The molecule has 0 aliphatic heterocycles. The summed E-state index contributed by atoms with van der Waals surface area (Å²) in [6.45, 7) is 4.52. The SMILES string of the molecule is CC/C=C/C=C/C=C/CCCCCCCCCC(=O)OCC(COCCC(C(=O)[O-])[N+](C)(C)C)OC(=O)CCCCCCCCCCCCCCCC. The van der Waals surface area contributed by atoms with Gasteiger partial charge < -0.3 is 28.6 Å². The van der Waals surface area contributed by atoms with E-state index in [-0.39, 0.29) is 42.7 Å². The van der Waals surface area contributed by atoms with Gasteiger partial charge in [-0.1, -0.05) is 166 Å². The minimum absolute atomic E-state index is 0.0392. The smallest absolute Gasteiger partial charge is 0.306 e. The molecule has 0 spiro atoms. The van der Waals surface area contributed by atoms with Crippen molar-refractivity contribution in [3.63, 3.8) is 0 Å². The van der Waals surface area contributed by atoms with Gasteiger partial charge in [-0.3, -0.25) is 9.59 Å². The largest absolute Gasteiger partial charge is 0.544 e. The molecule has 0 radical (unpaired) electrons. The van der Waals surface area contributed by atoms with Crippen LogP contribution >= 0.6 is 0 Å². The first-order chi connectivity index (χ1) is 25.6. The Bertz CT molecular complexity index is 968. The number of nitrogens with zero attached hydrogens (tertiary/aromatic N) is 1. The van der Waals surface area contributed by atoms with Crippen molar-refractivity contribution in [1.29, 1.82) is 0 Å². The van der Waals surface area contributed by atoms with Crippen LogP contribution in [0.3, 0.4) is 0 Å². The fourth-order valence-corrected chi connectivity index (χ4v) is 6.25. The van der Waals surface area contributed by atoms with E-state index in [1.165, 1.54) is 96.3 Å². The molecule has 0 bridgehead atoms. The van der Waals surface area contributed by atoms with E-state index in [4.69, 9.17) is 14.2 Å². The number of hydrogen-bond acceptors (Lipinski definition) is 7. The molecule has 0 amide bonds. The molecule has 0 aromatic carbocycles. The normalized spacial score (nSPS) is 13.3. The van der Waals surface area contributed by atoms with Crippen LogP contribution < -0.4 is 5.11 Å². The predicted octanol–water partition coefficient (Wildman–Crippen LogP) is 10.1. The van der Waals surface area contributed by atoms with Crippen LogP contribution in [0.2, 0.25) is 0 Å². The van der Waals surface area contributed by atoms with Crippen molar-refractivity contribution in [2.75, 3.05) is 41.0 Å². The number of esters is 2. The van der Waals surface area contributed by atoms with Crippen LogP contribution in [0.25, 0.3) is 0 Å². The Balaban J connectivity index is 4.36. The highest BCUT2D eigenvalue weighted by molar-refractivity contribution is 5.70. The molecular formula is C45H81NO7. The second kappa shape index (κ2) is 36.5. The van der Waals surface area contributed by atoms with Gasteiger partial charge in [0.15, 0.2) is 6.10 Å². The summed E-state index contributed by atoms with van der Waals surface area (Å²) in [5.74, 6) is -1.75. The van der Waals surface area contributed by atoms with Crippen LogP contribution in [0, 0.1) is 0 Å². The van der Waals surface area contributed by atoms with E-state index >= 15 is 0 Å². The third-order valence-corrected chi connectivity index (χ3v) is 9.60. The van der Waals surface area contributed by atoms with E-state index in [0.717, 1.165) is 51.4 Å². The lowest BCUT2D eigenvalue weighted by Gasteiger charge is -2.34. The van der Waals surface area contributed by atoms with E-state index in [2.05, 4.69) is 50.3 Å². The van der Waals surface area contributed by atoms with E-state index in [1.807, 2.05) is 0 Å². The second-order valence-electron chi connectivity index (χ2n) is 15.6. The van der Waals surface area contributed by atoms with E-state index < -0.39 is 18.1 Å². The summed E-state index contributed by atoms with van der Waals surface area (Å²) in [5.41, 5.74) is 0. The predicted molar refractivity (Wildman–Crippen MR) is 217 cm³/mol. The summed E-state index contributed by atoms with van der Waals surface area (Å²) in [5, 5.41) is 11.6. The molecule has 8 heteroatoms. The van der Waals surface area contributed by atoms with Crippen molar-refractivity contribution in [2.24, 2.45) is 0 Å². The minimum atomic E-state index is -1.13. The molecule has 53 heavy (non-hydrogen) atoms. The van der Waals surface area contributed by atoms with Crippen LogP contribution in [-0.4, -0.2) is 75.5 Å². The molecule has 0 aliphatic rings. The van der Waals surface area contributed by atoms with E-state index in [0.29, 0.717) is 12.8 Å². The summed E-state index contributed by atoms with van der Waals surface area (Å²) in [7, 11) is 5.40. The molecule has 0 aromatic heterocycles. The number of rotatable bonds is 38. The highest BCUT2D eigenvalue weighted by atomic mass is 16.6. The van der Waals surface area contributed by atoms with Gasteiger partial charge in [0.25, 0.3) is 0 Å². The zero-order chi connectivity index (χ0) is 39.3. The molecule has 0 saturated heterocycles. The lowest BCUT2D eigenvalue weighted by molar-refractivity contribution is -0.889. The summed E-state index contributed by atoms with van der Waals surface area (Å²) in [4.78, 5) is 36.8. The van der Waals surface area contributed by atoms with Crippen molar-refractivity contribution in [3.8, 4) is 0 Å². The monoisotopic (exact) mass is 748 g/mol. The highest BCUT2D eigenvalue weighted by Crippen LogP contribution is 2.15. The molecule has 0 N–H and O–H groups in total. The summed E-state index contributed by atoms with van der Waals surface area (Å²) in [6.07, 6.45) is 40.2. The van der Waals surface area contributed by atoms with Gasteiger partial charge >= 0.3 is 11.9 Å². The van der Waals surface area contributed by atoms with Crippen LogP contribution in [-0.2, 0) is 28.6 Å². The quantitative estimate of drug-likeness (QED) is 0.0268. The number of ether oxygens (including phenoxy) is 3. The summed E-state index contributed by atoms with van der Waals surface area (Å²) >= 11 is 0. The topological polar surface area (TPSA) is 102 Å². The molecule has 2 unspecified atom stereocenters. The third kappa shape index (κ3) is 35.0. The lowest BCUT2D eigenvalue weighted by atomic mass is 10.0. The maximum Gasteiger partial charge on any atom is 0.306 e. The second-order valence-corrected chi connectivity index (χ2v) is 15.6. The van der Waals surface area contributed by atoms with Crippen molar-refractivity contribution < 1.29 is 38.2 Å². The molecule has 0 rings (SSSR count). The number of carboxylic acids is 1. The number of hydrogen-bond donors (Lipinski definition) is 0. The fourth-order valence-electron chi connectivity index (χ4n) is 6.25. The molecular weight excluding hydrogens is 666 g/mol. The van der Waals surface area contributed by atoms with E-state index in [1.54, 1.807) is 21.1 Å². The van der Waals surface area contributed by atoms with Crippen LogP contribution in [0.15, 0.2) is 36.5 Å². The van der Waals surface area contributed by atoms with Gasteiger partial charge in [0.05, 0.1) is 40.3 Å². The number of allylic oxidation sites excluding steroid dienone is 6. The first-order valence-corrected chi connectivity index (χ1v) is 21.5. The van der Waals surface area contributed by atoms with Crippen LogP contribution in [0.5, 0.6) is 0 Å². The van der Waals surface area contributed by atoms with Gasteiger partial charge in [0, 0.05) is 19.3 Å². The Hall–Kier alpha value is -2.45. The Morgan fingerprint density at radius 3 is 1.55 bits per heavy atom. The van der Waals surface area contributed by atoms with Gasteiger partial charge in [-0.15, -0.1) is 0 Å². The zero-order valence-electron chi connectivity index (χ0n) is 34.9. The van der Waals surface area contributed by atoms with Gasteiger partial charge in [0.1, 0.15) is 12.6 Å². The lowest BCUT2D eigenvalue weighted by Crippen LogP contribution is -2.55. The van der Waals surface area contributed by atoms with Crippen molar-refractivity contribution in [2.45, 2.75) is 193 Å². The third-order valence-electron chi connectivity index (χ3n) is 9.60. The van der Waals surface area contributed by atoms with Crippen LogP contribution in [0.4, 0.5) is 0 Å². The van der Waals surface area contributed by atoms with Gasteiger partial charge in [-0.25, -0.2) is 0 Å². The van der Waals surface area contributed by atoms with Gasteiger partial charge in [-0.05, 0) is 32.1 Å². The number of quaternary nitrogens is 1. The summed E-state index contributed by atoms with van der Waals surface area (Å²) in [6, 6.07) is -0.725. The Labute approximate surface area is 325 Å². The Morgan fingerprint density at radius 1 is 0.585 bits per heavy atom. The van der Waals surface area contributed by atoms with Crippen molar-refractivity contribution in [3.05, 3.63) is 36.5 Å². The number of carboxylic acid groups (broad SMARTS) is 1. The Kier molecular flexibility index (Phi) is 34.8. The van der Waals surface area contributed by atoms with E-state index in [9.17, 15) is 19.5 Å². The molecule has 0 aromatic rings. The first kappa shape index (κ1) is 50.5. The molecule has 308 valence electrons. The first-order valence-electron chi connectivity index (χ1n) is 21.5. The van der Waals surface area contributed by atoms with Gasteiger partial charge in [0.2, 0.25) is 0 Å².